The van der Waals surface area contributed by atoms with E-state index in [0.29, 0.717) is 19.3 Å². The second-order valence-corrected chi connectivity index (χ2v) is 23.7. The van der Waals surface area contributed by atoms with Crippen molar-refractivity contribution in [3.63, 3.8) is 0 Å². The Morgan fingerprint density at radius 2 is 0.634 bits per heavy atom. The second-order valence-electron chi connectivity index (χ2n) is 22.2. The highest BCUT2D eigenvalue weighted by Gasteiger charge is 2.28. The highest BCUT2D eigenvalue weighted by molar-refractivity contribution is 7.47. The Bertz CT molecular complexity index is 1700. The molecular weight excluding hydrogens is 1050 g/mol. The fourth-order valence-corrected chi connectivity index (χ4v) is 9.98. The van der Waals surface area contributed by atoms with Gasteiger partial charge in [-0.1, -0.05) is 254 Å². The highest BCUT2D eigenvalue weighted by Crippen LogP contribution is 2.43. The molecule has 0 saturated heterocycles. The molecular formula is C70H123O11P. The van der Waals surface area contributed by atoms with E-state index >= 15 is 0 Å². The highest BCUT2D eigenvalue weighted by atomic mass is 31.2. The van der Waals surface area contributed by atoms with E-state index in [-0.39, 0.29) is 25.9 Å². The Balaban J connectivity index is 4.69. The van der Waals surface area contributed by atoms with Gasteiger partial charge >= 0.3 is 25.7 Å². The van der Waals surface area contributed by atoms with Crippen LogP contribution in [-0.2, 0) is 42.2 Å². The molecule has 0 aromatic carbocycles. The molecule has 0 saturated carbocycles. The van der Waals surface area contributed by atoms with Crippen molar-refractivity contribution in [2.45, 2.75) is 315 Å². The van der Waals surface area contributed by atoms with Crippen LogP contribution in [0.2, 0.25) is 0 Å². The van der Waals surface area contributed by atoms with E-state index in [1.807, 2.05) is 0 Å². The first kappa shape index (κ1) is 78.7. The van der Waals surface area contributed by atoms with Crippen molar-refractivity contribution < 1.29 is 52.2 Å². The average Bonchev–Trinajstić information content (AvgIpc) is 3.47. The zero-order valence-corrected chi connectivity index (χ0v) is 53.6. The van der Waals surface area contributed by atoms with Gasteiger partial charge in [0, 0.05) is 19.3 Å². The molecule has 0 aromatic rings. The van der Waals surface area contributed by atoms with Crippen LogP contribution in [0.1, 0.15) is 303 Å². The van der Waals surface area contributed by atoms with Crippen LogP contribution in [0, 0.1) is 0 Å². The molecule has 3 unspecified atom stereocenters. The minimum atomic E-state index is -4.76. The number of hydrogen-bond donors (Lipinski definition) is 2. The molecule has 0 aliphatic rings. The molecule has 0 bridgehead atoms. The third kappa shape index (κ3) is 61.2. The number of carbonyl (C=O) groups is 3. The Hall–Kier alpha value is -3.34. The first-order valence-corrected chi connectivity index (χ1v) is 35.0. The molecule has 0 spiro atoms. The lowest BCUT2D eigenvalue weighted by Crippen LogP contribution is -2.30. The Labute approximate surface area is 502 Å². The van der Waals surface area contributed by atoms with E-state index in [2.05, 4.69) is 106 Å². The largest absolute Gasteiger partial charge is 0.472 e. The summed E-state index contributed by atoms with van der Waals surface area (Å²) in [5.74, 6) is -1.47. The molecule has 0 aliphatic carbocycles. The van der Waals surface area contributed by atoms with Crippen molar-refractivity contribution in [1.82, 2.24) is 0 Å². The molecule has 11 nitrogen and oxygen atoms in total. The SMILES string of the molecule is CC/C=C\C/C=C\C/C=C\CCCCCCCCCC(=O)OCC(COP(=O)(O)OCC(CO)OC(=O)CCCCCCCCCCC/C=C\C/C=C\CCCCC)OC(=O)CCCCCCCCCCC/C=C\C/C=C\CCCCC. The summed E-state index contributed by atoms with van der Waals surface area (Å²) in [6.45, 7) is 4.51. The second kappa shape index (κ2) is 63.7. The van der Waals surface area contributed by atoms with Gasteiger partial charge in [-0.25, -0.2) is 4.57 Å². The smallest absolute Gasteiger partial charge is 0.462 e. The van der Waals surface area contributed by atoms with Crippen LogP contribution < -0.4 is 0 Å². The van der Waals surface area contributed by atoms with Gasteiger partial charge < -0.3 is 24.2 Å². The topological polar surface area (TPSA) is 155 Å². The van der Waals surface area contributed by atoms with Gasteiger partial charge in [0.25, 0.3) is 0 Å². The lowest BCUT2D eigenvalue weighted by atomic mass is 10.1. The Morgan fingerprint density at radius 3 is 0.976 bits per heavy atom. The molecule has 3 atom stereocenters. The molecule has 2 N–H and O–H groups in total. The predicted octanol–water partition coefficient (Wildman–Crippen LogP) is 20.6. The Kier molecular flexibility index (Phi) is 61.1. The lowest BCUT2D eigenvalue weighted by Gasteiger charge is -2.21. The van der Waals surface area contributed by atoms with Crippen molar-refractivity contribution in [3.05, 3.63) is 85.1 Å². The van der Waals surface area contributed by atoms with Crippen molar-refractivity contribution in [2.24, 2.45) is 0 Å². The van der Waals surface area contributed by atoms with Crippen LogP contribution in [0.15, 0.2) is 85.1 Å². The molecule has 0 amide bonds. The zero-order chi connectivity index (χ0) is 59.8. The van der Waals surface area contributed by atoms with E-state index in [9.17, 15) is 28.9 Å². The minimum absolute atomic E-state index is 0.158. The first-order valence-electron chi connectivity index (χ1n) is 33.5. The van der Waals surface area contributed by atoms with Gasteiger partial charge in [0.05, 0.1) is 19.8 Å². The third-order valence-electron chi connectivity index (χ3n) is 14.3. The quantitative estimate of drug-likeness (QED) is 0.0197. The van der Waals surface area contributed by atoms with Crippen LogP contribution in [0.25, 0.3) is 0 Å². The number of aliphatic hydroxyl groups is 1. The maximum atomic E-state index is 13.0. The summed E-state index contributed by atoms with van der Waals surface area (Å²) in [6.07, 6.45) is 75.2. The van der Waals surface area contributed by atoms with Gasteiger partial charge in [-0.2, -0.15) is 0 Å². The summed E-state index contributed by atoms with van der Waals surface area (Å²) in [6, 6.07) is 0. The molecule has 12 heteroatoms. The van der Waals surface area contributed by atoms with Crippen LogP contribution in [0.4, 0.5) is 0 Å². The normalized spacial score (nSPS) is 13.8. The van der Waals surface area contributed by atoms with Crippen LogP contribution in [-0.4, -0.2) is 66.5 Å². The number of carbonyl (C=O) groups excluding carboxylic acids is 3. The zero-order valence-electron chi connectivity index (χ0n) is 52.7. The van der Waals surface area contributed by atoms with E-state index in [1.165, 1.54) is 128 Å². The summed E-state index contributed by atoms with van der Waals surface area (Å²) < 4.78 is 39.8. The fraction of sp³-hybridized carbons (Fsp3) is 0.757. The molecule has 0 heterocycles. The van der Waals surface area contributed by atoms with E-state index < -0.39 is 57.8 Å². The number of hydrogen-bond acceptors (Lipinski definition) is 10. The number of ether oxygens (including phenoxy) is 3. The number of esters is 3. The van der Waals surface area contributed by atoms with E-state index in [1.54, 1.807) is 0 Å². The summed E-state index contributed by atoms with van der Waals surface area (Å²) in [5.41, 5.74) is 0. The number of allylic oxidation sites excluding steroid dienone is 14. The van der Waals surface area contributed by atoms with Gasteiger partial charge in [0.2, 0.25) is 0 Å². The van der Waals surface area contributed by atoms with Crippen molar-refractivity contribution in [2.75, 3.05) is 26.4 Å². The number of rotatable bonds is 62. The molecule has 474 valence electrons. The summed E-state index contributed by atoms with van der Waals surface area (Å²) in [5, 5.41) is 9.87. The maximum Gasteiger partial charge on any atom is 0.472 e. The molecule has 0 fully saturated rings. The maximum absolute atomic E-state index is 13.0. The summed E-state index contributed by atoms with van der Waals surface area (Å²) in [4.78, 5) is 48.8. The molecule has 82 heavy (non-hydrogen) atoms. The standard InChI is InChI=1S/C70H123O11P/c1-4-7-10-13-16-19-22-25-28-31-33-36-39-42-45-48-51-54-57-60-69(73)80-66(62-71)64-78-82(75,76)79-65-67(63-77-68(72)59-56-53-50-47-44-41-38-35-30-27-24-21-18-15-12-9-6-3)81-70(74)61-58-55-52-49-46-43-40-37-34-32-29-26-23-20-17-14-11-8-5-2/h9,12,16-21,25-30,66-67,71H,4-8,10-11,13-15,22-24,31-65H2,1-3H3,(H,75,76)/b12-9-,19-16-,20-17-,21-18-,28-25-,29-26-,30-27-. The lowest BCUT2D eigenvalue weighted by molar-refractivity contribution is -0.161. The molecule has 0 aliphatic heterocycles. The molecule has 0 aromatic heterocycles. The number of unbranched alkanes of at least 4 members (excludes halogenated alkanes) is 31. The van der Waals surface area contributed by atoms with Gasteiger partial charge in [-0.3, -0.25) is 23.4 Å². The van der Waals surface area contributed by atoms with E-state index in [4.69, 9.17) is 23.3 Å². The van der Waals surface area contributed by atoms with Crippen LogP contribution >= 0.6 is 7.82 Å². The third-order valence-corrected chi connectivity index (χ3v) is 15.2. The molecule has 0 radical (unpaired) electrons. The van der Waals surface area contributed by atoms with Crippen molar-refractivity contribution in [1.29, 1.82) is 0 Å². The number of phosphoric acid groups is 1. The van der Waals surface area contributed by atoms with Gasteiger partial charge in [-0.05, 0) is 116 Å². The summed E-state index contributed by atoms with van der Waals surface area (Å²) in [7, 11) is -4.76. The average molecular weight is 1170 g/mol. The van der Waals surface area contributed by atoms with Crippen molar-refractivity contribution >= 4 is 25.7 Å². The minimum Gasteiger partial charge on any atom is -0.462 e. The molecule has 0 rings (SSSR count). The fourth-order valence-electron chi connectivity index (χ4n) is 9.20. The van der Waals surface area contributed by atoms with Crippen molar-refractivity contribution in [3.8, 4) is 0 Å². The van der Waals surface area contributed by atoms with Gasteiger partial charge in [0.15, 0.2) is 6.10 Å². The predicted molar refractivity (Wildman–Crippen MR) is 344 cm³/mol. The van der Waals surface area contributed by atoms with Gasteiger partial charge in [-0.15, -0.1) is 0 Å². The number of phosphoric ester groups is 1. The monoisotopic (exact) mass is 1170 g/mol. The van der Waals surface area contributed by atoms with Crippen LogP contribution in [0.3, 0.4) is 0 Å². The number of aliphatic hydroxyl groups excluding tert-OH is 1. The van der Waals surface area contributed by atoms with E-state index in [0.717, 1.165) is 116 Å². The first-order chi connectivity index (χ1) is 40.2. The summed E-state index contributed by atoms with van der Waals surface area (Å²) >= 11 is 0. The van der Waals surface area contributed by atoms with Gasteiger partial charge in [0.1, 0.15) is 12.7 Å². The Morgan fingerprint density at radius 1 is 0.354 bits per heavy atom. The van der Waals surface area contributed by atoms with Crippen LogP contribution in [0.5, 0.6) is 0 Å².